The third kappa shape index (κ3) is 1.64. The predicted octanol–water partition coefficient (Wildman–Crippen LogP) is 0.689. The van der Waals surface area contributed by atoms with Crippen molar-refractivity contribution in [3.63, 3.8) is 0 Å². The summed E-state index contributed by atoms with van der Waals surface area (Å²) in [5, 5.41) is 0. The third-order valence-corrected chi connectivity index (χ3v) is 2.74. The molecule has 1 unspecified atom stereocenters. The minimum atomic E-state index is -0.353. The lowest BCUT2D eigenvalue weighted by Gasteiger charge is -2.34. The maximum Gasteiger partial charge on any atom is 0.326 e. The monoisotopic (exact) mass is 219 g/mol. The Morgan fingerprint density at radius 2 is 2.06 bits per heavy atom. The molecule has 1 aliphatic rings. The summed E-state index contributed by atoms with van der Waals surface area (Å²) >= 11 is 0. The smallest absolute Gasteiger partial charge is 0.326 e. The fourth-order valence-corrected chi connectivity index (χ4v) is 1.82. The summed E-state index contributed by atoms with van der Waals surface area (Å²) in [5.74, 6) is -0.546. The molecular weight excluding hydrogens is 206 g/mol. The van der Waals surface area contributed by atoms with Gasteiger partial charge in [-0.2, -0.15) is 0 Å². The molecule has 16 heavy (non-hydrogen) atoms. The molecule has 2 heterocycles. The second-order valence-corrected chi connectivity index (χ2v) is 3.87. The van der Waals surface area contributed by atoms with E-state index in [-0.39, 0.29) is 17.9 Å². The maximum absolute atomic E-state index is 11.9. The van der Waals surface area contributed by atoms with Crippen LogP contribution in [0.15, 0.2) is 24.4 Å². The Bertz CT molecular complexity index is 418. The average Bonchev–Trinajstić information content (AvgIpc) is 2.32. The van der Waals surface area contributed by atoms with Gasteiger partial charge in [0.05, 0.1) is 11.6 Å². The topological polar surface area (TPSA) is 53.5 Å². The Morgan fingerprint density at radius 1 is 1.31 bits per heavy atom. The van der Waals surface area contributed by atoms with Crippen LogP contribution in [-0.2, 0) is 4.79 Å². The van der Waals surface area contributed by atoms with Crippen LogP contribution in [0.3, 0.4) is 0 Å². The Labute approximate surface area is 93.7 Å². The standard InChI is InChI=1S/C11H13N3O2/c1-13-7-8(9-5-3-4-6-12-9)10(15)14(2)11(13)16/h3-6,8H,7H2,1-2H3. The average molecular weight is 219 g/mol. The Hall–Kier alpha value is -1.91. The zero-order valence-corrected chi connectivity index (χ0v) is 9.25. The molecule has 0 bridgehead atoms. The van der Waals surface area contributed by atoms with Crippen LogP contribution in [0.5, 0.6) is 0 Å². The summed E-state index contributed by atoms with van der Waals surface area (Å²) in [5.41, 5.74) is 0.707. The van der Waals surface area contributed by atoms with Gasteiger partial charge in [-0.05, 0) is 12.1 Å². The zero-order valence-electron chi connectivity index (χ0n) is 9.25. The highest BCUT2D eigenvalue weighted by molar-refractivity contribution is 5.99. The molecule has 0 radical (unpaired) electrons. The fraction of sp³-hybridized carbons (Fsp3) is 0.364. The number of hydrogen-bond donors (Lipinski definition) is 0. The van der Waals surface area contributed by atoms with Gasteiger partial charge in [0.25, 0.3) is 0 Å². The molecule has 1 aliphatic heterocycles. The Balaban J connectivity index is 2.30. The van der Waals surface area contributed by atoms with Crippen molar-refractivity contribution in [2.24, 2.45) is 0 Å². The summed E-state index contributed by atoms with van der Waals surface area (Å²) < 4.78 is 0. The largest absolute Gasteiger partial charge is 0.326 e. The Kier molecular flexibility index (Phi) is 2.60. The lowest BCUT2D eigenvalue weighted by Crippen LogP contribution is -2.52. The van der Waals surface area contributed by atoms with Crippen LogP contribution in [0.4, 0.5) is 4.79 Å². The number of imide groups is 1. The van der Waals surface area contributed by atoms with E-state index in [2.05, 4.69) is 4.98 Å². The molecule has 0 spiro atoms. The van der Waals surface area contributed by atoms with E-state index >= 15 is 0 Å². The second kappa shape index (κ2) is 3.92. The molecule has 5 heteroatoms. The highest BCUT2D eigenvalue weighted by atomic mass is 16.2. The van der Waals surface area contributed by atoms with Crippen molar-refractivity contribution in [1.82, 2.24) is 14.8 Å². The highest BCUT2D eigenvalue weighted by Gasteiger charge is 2.36. The van der Waals surface area contributed by atoms with Crippen molar-refractivity contribution < 1.29 is 9.59 Å². The van der Waals surface area contributed by atoms with E-state index in [9.17, 15) is 9.59 Å². The lowest BCUT2D eigenvalue weighted by molar-refractivity contribution is -0.131. The summed E-state index contributed by atoms with van der Waals surface area (Å²) in [6.07, 6.45) is 1.65. The number of nitrogens with zero attached hydrogens (tertiary/aromatic N) is 3. The molecule has 5 nitrogen and oxygen atoms in total. The van der Waals surface area contributed by atoms with Gasteiger partial charge in [0.1, 0.15) is 0 Å². The number of urea groups is 1. The zero-order chi connectivity index (χ0) is 11.7. The normalized spacial score (nSPS) is 21.5. The summed E-state index contributed by atoms with van der Waals surface area (Å²) in [7, 11) is 3.18. The van der Waals surface area contributed by atoms with E-state index in [4.69, 9.17) is 0 Å². The first kappa shape index (κ1) is 10.6. The quantitative estimate of drug-likeness (QED) is 0.698. The van der Waals surface area contributed by atoms with Crippen LogP contribution in [0.2, 0.25) is 0 Å². The summed E-state index contributed by atoms with van der Waals surface area (Å²) in [6.45, 7) is 0.388. The van der Waals surface area contributed by atoms with Crippen molar-refractivity contribution in [3.8, 4) is 0 Å². The molecule has 0 N–H and O–H groups in total. The van der Waals surface area contributed by atoms with Crippen molar-refractivity contribution in [1.29, 1.82) is 0 Å². The minimum Gasteiger partial charge on any atom is -0.326 e. The van der Waals surface area contributed by atoms with E-state index in [0.29, 0.717) is 12.2 Å². The lowest BCUT2D eigenvalue weighted by atomic mass is 10.0. The molecule has 1 atom stereocenters. The molecule has 2 rings (SSSR count). The molecule has 0 aliphatic carbocycles. The first-order valence-electron chi connectivity index (χ1n) is 5.05. The van der Waals surface area contributed by atoms with Crippen molar-refractivity contribution >= 4 is 11.9 Å². The van der Waals surface area contributed by atoms with Crippen LogP contribution in [0.25, 0.3) is 0 Å². The minimum absolute atomic E-state index is 0.193. The van der Waals surface area contributed by atoms with Gasteiger partial charge < -0.3 is 4.90 Å². The van der Waals surface area contributed by atoms with Gasteiger partial charge in [-0.1, -0.05) is 6.07 Å². The first-order chi connectivity index (χ1) is 7.61. The number of rotatable bonds is 1. The van der Waals surface area contributed by atoms with Gasteiger partial charge in [0.15, 0.2) is 0 Å². The predicted molar refractivity (Wildman–Crippen MR) is 57.8 cm³/mol. The SMILES string of the molecule is CN1CC(c2ccccn2)C(=O)N(C)C1=O. The van der Waals surface area contributed by atoms with Gasteiger partial charge in [-0.25, -0.2) is 4.79 Å². The molecule has 0 saturated carbocycles. The molecule has 1 saturated heterocycles. The van der Waals surface area contributed by atoms with Crippen LogP contribution in [-0.4, -0.2) is 47.4 Å². The van der Waals surface area contributed by atoms with Crippen LogP contribution in [0, 0.1) is 0 Å². The van der Waals surface area contributed by atoms with Gasteiger partial charge in [0.2, 0.25) is 5.91 Å². The molecule has 1 fully saturated rings. The first-order valence-corrected chi connectivity index (χ1v) is 5.05. The van der Waals surface area contributed by atoms with Gasteiger partial charge in [0, 0.05) is 26.8 Å². The fourth-order valence-electron chi connectivity index (χ4n) is 1.82. The molecule has 84 valence electrons. The van der Waals surface area contributed by atoms with E-state index in [1.807, 2.05) is 6.07 Å². The van der Waals surface area contributed by atoms with Crippen LogP contribution in [0.1, 0.15) is 11.6 Å². The van der Waals surface area contributed by atoms with Gasteiger partial charge >= 0.3 is 6.03 Å². The highest BCUT2D eigenvalue weighted by Crippen LogP contribution is 2.21. The number of aromatic nitrogens is 1. The maximum atomic E-state index is 11.9. The van der Waals surface area contributed by atoms with Crippen LogP contribution < -0.4 is 0 Å². The van der Waals surface area contributed by atoms with E-state index in [0.717, 1.165) is 4.90 Å². The number of pyridine rings is 1. The van der Waals surface area contributed by atoms with Gasteiger partial charge in [-0.3, -0.25) is 14.7 Å². The number of likely N-dealkylation sites (N-methyl/N-ethyl adjacent to an activating group) is 2. The number of hydrogen-bond acceptors (Lipinski definition) is 3. The van der Waals surface area contributed by atoms with E-state index in [1.54, 1.807) is 25.4 Å². The summed E-state index contributed by atoms with van der Waals surface area (Å²) in [6, 6.07) is 5.18. The molecule has 0 aromatic carbocycles. The third-order valence-electron chi connectivity index (χ3n) is 2.74. The van der Waals surface area contributed by atoms with Gasteiger partial charge in [-0.15, -0.1) is 0 Å². The number of carbonyl (C=O) groups excluding carboxylic acids is 2. The number of carbonyl (C=O) groups is 2. The van der Waals surface area contributed by atoms with Crippen molar-refractivity contribution in [2.75, 3.05) is 20.6 Å². The molecular formula is C11H13N3O2. The molecule has 1 aromatic rings. The van der Waals surface area contributed by atoms with Crippen LogP contribution >= 0.6 is 0 Å². The van der Waals surface area contributed by atoms with E-state index in [1.165, 1.54) is 11.9 Å². The Morgan fingerprint density at radius 3 is 2.69 bits per heavy atom. The van der Waals surface area contributed by atoms with Crippen molar-refractivity contribution in [2.45, 2.75) is 5.92 Å². The second-order valence-electron chi connectivity index (χ2n) is 3.87. The molecule has 3 amide bonds. The van der Waals surface area contributed by atoms with E-state index < -0.39 is 0 Å². The summed E-state index contributed by atoms with van der Waals surface area (Å²) in [4.78, 5) is 30.3. The van der Waals surface area contributed by atoms with Crippen molar-refractivity contribution in [3.05, 3.63) is 30.1 Å². The molecule has 1 aromatic heterocycles. The number of amides is 3.